The van der Waals surface area contributed by atoms with E-state index in [-0.39, 0.29) is 18.4 Å². The van der Waals surface area contributed by atoms with E-state index in [1.807, 2.05) is 48.5 Å². The lowest BCUT2D eigenvalue weighted by Crippen LogP contribution is -2.43. The fourth-order valence-electron chi connectivity index (χ4n) is 4.33. The highest BCUT2D eigenvalue weighted by molar-refractivity contribution is 6.01. The largest absolute Gasteiger partial charge is 0.496 e. The Morgan fingerprint density at radius 3 is 2.55 bits per heavy atom. The lowest BCUT2D eigenvalue weighted by atomic mass is 10.0. The van der Waals surface area contributed by atoms with Gasteiger partial charge in [-0.25, -0.2) is 0 Å². The van der Waals surface area contributed by atoms with Gasteiger partial charge in [0.25, 0.3) is 5.91 Å². The maximum absolute atomic E-state index is 13.6. The minimum Gasteiger partial charge on any atom is -0.496 e. The van der Waals surface area contributed by atoms with Gasteiger partial charge in [-0.05, 0) is 59.7 Å². The van der Waals surface area contributed by atoms with Crippen molar-refractivity contribution in [3.8, 4) is 11.5 Å². The number of ether oxygens (including phenoxy) is 2. The monoisotopic (exact) mass is 509 g/mol. The number of nitrogens with one attached hydrogen (secondary N) is 2. The SMILES string of the molecule is C=C/C=C(\C=C)CN1C(=O)c2ccccc2NC1c1ccc(OC)c(COc2ccc(NC(C)=O)cc2)c1. The first-order chi connectivity index (χ1) is 18.4. The van der Waals surface area contributed by atoms with Crippen LogP contribution >= 0.6 is 0 Å². The van der Waals surface area contributed by atoms with Crippen LogP contribution in [-0.2, 0) is 11.4 Å². The molecule has 0 spiro atoms. The number of rotatable bonds is 10. The number of carbonyl (C=O) groups is 2. The Bertz CT molecular complexity index is 1380. The van der Waals surface area contributed by atoms with E-state index in [9.17, 15) is 9.59 Å². The second-order valence-electron chi connectivity index (χ2n) is 8.77. The molecule has 4 rings (SSSR count). The summed E-state index contributed by atoms with van der Waals surface area (Å²) >= 11 is 0. The van der Waals surface area contributed by atoms with Crippen LogP contribution in [0.25, 0.3) is 0 Å². The summed E-state index contributed by atoms with van der Waals surface area (Å²) in [5, 5.41) is 6.27. The molecule has 0 saturated carbocycles. The second kappa shape index (κ2) is 12.0. The normalized spacial score (nSPS) is 14.7. The Morgan fingerprint density at radius 1 is 1.11 bits per heavy atom. The van der Waals surface area contributed by atoms with E-state index in [0.717, 1.165) is 22.4 Å². The molecule has 1 aliphatic rings. The fraction of sp³-hybridized carbons (Fsp3) is 0.161. The predicted molar refractivity (Wildman–Crippen MR) is 150 cm³/mol. The van der Waals surface area contributed by atoms with Crippen molar-refractivity contribution < 1.29 is 19.1 Å². The van der Waals surface area contributed by atoms with Crippen molar-refractivity contribution in [1.82, 2.24) is 4.90 Å². The third-order valence-corrected chi connectivity index (χ3v) is 6.16. The van der Waals surface area contributed by atoms with Crippen molar-refractivity contribution in [3.05, 3.63) is 120 Å². The van der Waals surface area contributed by atoms with E-state index >= 15 is 0 Å². The summed E-state index contributed by atoms with van der Waals surface area (Å²) < 4.78 is 11.6. The van der Waals surface area contributed by atoms with E-state index in [2.05, 4.69) is 23.8 Å². The van der Waals surface area contributed by atoms with Gasteiger partial charge in [0.1, 0.15) is 24.3 Å². The number of allylic oxidation sites excluding steroid dienone is 2. The van der Waals surface area contributed by atoms with Crippen LogP contribution in [0.1, 0.15) is 34.6 Å². The van der Waals surface area contributed by atoms with Crippen molar-refractivity contribution in [1.29, 1.82) is 0 Å². The molecule has 3 aromatic carbocycles. The highest BCUT2D eigenvalue weighted by Gasteiger charge is 2.33. The Kier molecular flexibility index (Phi) is 8.28. The van der Waals surface area contributed by atoms with E-state index < -0.39 is 6.17 Å². The maximum atomic E-state index is 13.6. The summed E-state index contributed by atoms with van der Waals surface area (Å²) in [5.74, 6) is 1.12. The van der Waals surface area contributed by atoms with Gasteiger partial charge in [-0.3, -0.25) is 9.59 Å². The highest BCUT2D eigenvalue weighted by atomic mass is 16.5. The molecule has 0 aromatic heterocycles. The number of hydrogen-bond donors (Lipinski definition) is 2. The average Bonchev–Trinajstić information content (AvgIpc) is 2.93. The van der Waals surface area contributed by atoms with Gasteiger partial charge in [0.05, 0.1) is 12.7 Å². The van der Waals surface area contributed by atoms with Crippen LogP contribution < -0.4 is 20.1 Å². The lowest BCUT2D eigenvalue weighted by molar-refractivity contribution is -0.114. The van der Waals surface area contributed by atoms with Crippen LogP contribution in [0.3, 0.4) is 0 Å². The summed E-state index contributed by atoms with van der Waals surface area (Å²) in [4.78, 5) is 26.6. The molecule has 1 aliphatic heterocycles. The molecule has 0 bridgehead atoms. The zero-order valence-electron chi connectivity index (χ0n) is 21.6. The van der Waals surface area contributed by atoms with Crippen LogP contribution in [0.4, 0.5) is 11.4 Å². The maximum Gasteiger partial charge on any atom is 0.258 e. The molecule has 2 amide bonds. The molecule has 194 valence electrons. The zero-order valence-corrected chi connectivity index (χ0v) is 21.6. The van der Waals surface area contributed by atoms with E-state index in [4.69, 9.17) is 9.47 Å². The highest BCUT2D eigenvalue weighted by Crippen LogP contribution is 2.35. The Morgan fingerprint density at radius 2 is 1.87 bits per heavy atom. The van der Waals surface area contributed by atoms with Crippen LogP contribution in [0.5, 0.6) is 11.5 Å². The Labute approximate surface area is 223 Å². The molecule has 7 heteroatoms. The minimum absolute atomic E-state index is 0.0750. The lowest BCUT2D eigenvalue weighted by Gasteiger charge is -2.38. The molecular weight excluding hydrogens is 478 g/mol. The van der Waals surface area contributed by atoms with Crippen molar-refractivity contribution in [2.24, 2.45) is 0 Å². The van der Waals surface area contributed by atoms with Gasteiger partial charge >= 0.3 is 0 Å². The molecule has 2 N–H and O–H groups in total. The standard InChI is InChI=1S/C31H31N3O4/c1-5-9-22(6-2)19-34-30(33-28-11-8-7-10-27(28)31(34)36)23-12-17-29(37-4)24(18-23)20-38-26-15-13-25(14-16-26)32-21(3)35/h5-18,30,33H,1-2,19-20H2,3-4H3,(H,32,35)/b22-9+. The summed E-state index contributed by atoms with van der Waals surface area (Å²) in [6, 6.07) is 20.5. The second-order valence-corrected chi connectivity index (χ2v) is 8.77. The number of carbonyl (C=O) groups excluding carboxylic acids is 2. The van der Waals surface area contributed by atoms with Crippen molar-refractivity contribution in [2.45, 2.75) is 19.7 Å². The molecule has 0 saturated heterocycles. The summed E-state index contributed by atoms with van der Waals surface area (Å²) in [7, 11) is 1.61. The van der Waals surface area contributed by atoms with Gasteiger partial charge in [-0.15, -0.1) is 0 Å². The molecule has 0 aliphatic carbocycles. The molecule has 1 unspecified atom stereocenters. The van der Waals surface area contributed by atoms with Gasteiger partial charge in [0.15, 0.2) is 0 Å². The number of para-hydroxylation sites is 1. The summed E-state index contributed by atoms with van der Waals surface area (Å²) in [6.45, 7) is 9.75. The molecule has 7 nitrogen and oxygen atoms in total. The van der Waals surface area contributed by atoms with Crippen molar-refractivity contribution in [2.75, 3.05) is 24.3 Å². The van der Waals surface area contributed by atoms with Crippen LogP contribution in [-0.4, -0.2) is 30.4 Å². The number of hydrogen-bond acceptors (Lipinski definition) is 5. The molecule has 1 heterocycles. The quantitative estimate of drug-likeness (QED) is 0.323. The molecule has 0 radical (unpaired) electrons. The van der Waals surface area contributed by atoms with Crippen LogP contribution in [0.15, 0.2) is 104 Å². The minimum atomic E-state index is -0.424. The molecular formula is C31H31N3O4. The first kappa shape index (κ1) is 26.3. The van der Waals surface area contributed by atoms with Gasteiger partial charge < -0.3 is 25.0 Å². The Hall–Kier alpha value is -4.78. The third-order valence-electron chi connectivity index (χ3n) is 6.16. The van der Waals surface area contributed by atoms with Crippen molar-refractivity contribution >= 4 is 23.2 Å². The van der Waals surface area contributed by atoms with E-state index in [1.54, 1.807) is 48.4 Å². The number of amides is 2. The molecule has 3 aromatic rings. The third kappa shape index (κ3) is 5.95. The van der Waals surface area contributed by atoms with Gasteiger partial charge in [0, 0.05) is 30.4 Å². The number of anilines is 2. The molecule has 1 atom stereocenters. The summed E-state index contributed by atoms with van der Waals surface area (Å²) in [6.07, 6.45) is 4.85. The van der Waals surface area contributed by atoms with E-state index in [0.29, 0.717) is 29.3 Å². The number of fused-ring (bicyclic) bond motifs is 1. The zero-order chi connectivity index (χ0) is 27.1. The van der Waals surface area contributed by atoms with Gasteiger partial charge in [-0.2, -0.15) is 0 Å². The topological polar surface area (TPSA) is 79.9 Å². The number of methoxy groups -OCH3 is 1. The van der Waals surface area contributed by atoms with Gasteiger partial charge in [0.2, 0.25) is 5.91 Å². The smallest absolute Gasteiger partial charge is 0.258 e. The van der Waals surface area contributed by atoms with Gasteiger partial charge in [-0.1, -0.05) is 49.6 Å². The summed E-state index contributed by atoms with van der Waals surface area (Å²) in [5.41, 5.74) is 4.68. The van der Waals surface area contributed by atoms with Crippen LogP contribution in [0, 0.1) is 0 Å². The number of nitrogens with zero attached hydrogens (tertiary/aromatic N) is 1. The molecule has 38 heavy (non-hydrogen) atoms. The average molecular weight is 510 g/mol. The predicted octanol–water partition coefficient (Wildman–Crippen LogP) is 6.10. The Balaban J connectivity index is 1.63. The van der Waals surface area contributed by atoms with Crippen molar-refractivity contribution in [3.63, 3.8) is 0 Å². The fourth-order valence-corrected chi connectivity index (χ4v) is 4.33. The van der Waals surface area contributed by atoms with Crippen LogP contribution in [0.2, 0.25) is 0 Å². The number of benzene rings is 3. The molecule has 0 fully saturated rings. The first-order valence-corrected chi connectivity index (χ1v) is 12.2. The first-order valence-electron chi connectivity index (χ1n) is 12.2. The van der Waals surface area contributed by atoms with E-state index in [1.165, 1.54) is 6.92 Å².